The molecule has 0 amide bonds. The Kier molecular flexibility index (Phi) is 5.08. The monoisotopic (exact) mass is 319 g/mol. The van der Waals surface area contributed by atoms with Crippen molar-refractivity contribution in [3.05, 3.63) is 54.1 Å². The summed E-state index contributed by atoms with van der Waals surface area (Å²) in [6.45, 7) is 6.62. The van der Waals surface area contributed by atoms with Gasteiger partial charge in [-0.25, -0.2) is 8.42 Å². The minimum absolute atomic E-state index is 0.255. The Bertz CT molecular complexity index is 705. The molecule has 0 aliphatic heterocycles. The van der Waals surface area contributed by atoms with Gasteiger partial charge in [-0.15, -0.1) is 0 Å². The molecule has 0 spiro atoms. The van der Waals surface area contributed by atoms with E-state index in [0.717, 1.165) is 5.56 Å². The van der Waals surface area contributed by atoms with E-state index in [2.05, 4.69) is 18.6 Å². The molecule has 0 aliphatic carbocycles. The van der Waals surface area contributed by atoms with Crippen LogP contribution in [0.15, 0.2) is 53.4 Å². The highest BCUT2D eigenvalue weighted by molar-refractivity contribution is 7.92. The average molecular weight is 319 g/mol. The van der Waals surface area contributed by atoms with E-state index < -0.39 is 10.0 Å². The molecule has 4 nitrogen and oxygen atoms in total. The number of anilines is 1. The molecular weight excluding hydrogens is 298 g/mol. The van der Waals surface area contributed by atoms with E-state index in [9.17, 15) is 8.42 Å². The SMILES string of the molecule is CCOc1ccc(NS(=O)(=O)c2ccc(C(C)C)cc2)cc1. The van der Waals surface area contributed by atoms with E-state index in [1.54, 1.807) is 36.4 Å². The third-order valence-electron chi connectivity index (χ3n) is 3.27. The van der Waals surface area contributed by atoms with Crippen LogP contribution in [0, 0.1) is 0 Å². The highest BCUT2D eigenvalue weighted by Gasteiger charge is 2.14. The zero-order chi connectivity index (χ0) is 16.2. The van der Waals surface area contributed by atoms with Crippen LogP contribution < -0.4 is 9.46 Å². The maximum Gasteiger partial charge on any atom is 0.261 e. The molecule has 5 heteroatoms. The molecular formula is C17H21NO3S. The summed E-state index contributed by atoms with van der Waals surface area (Å²) in [5, 5.41) is 0. The van der Waals surface area contributed by atoms with Crippen molar-refractivity contribution in [2.75, 3.05) is 11.3 Å². The number of rotatable bonds is 6. The number of hydrogen-bond acceptors (Lipinski definition) is 3. The van der Waals surface area contributed by atoms with Crippen molar-refractivity contribution in [3.8, 4) is 5.75 Å². The fraction of sp³-hybridized carbons (Fsp3) is 0.294. The fourth-order valence-corrected chi connectivity index (χ4v) is 3.09. The summed E-state index contributed by atoms with van der Waals surface area (Å²) < 4.78 is 32.6. The van der Waals surface area contributed by atoms with Crippen molar-refractivity contribution in [3.63, 3.8) is 0 Å². The Morgan fingerprint density at radius 2 is 1.59 bits per heavy atom. The molecule has 0 saturated heterocycles. The van der Waals surface area contributed by atoms with Crippen LogP contribution >= 0.6 is 0 Å². The standard InChI is InChI=1S/C17H21NO3S/c1-4-21-16-9-7-15(8-10-16)18-22(19,20)17-11-5-14(6-12-17)13(2)3/h5-13,18H,4H2,1-3H3. The minimum atomic E-state index is -3.57. The molecule has 0 heterocycles. The van der Waals surface area contributed by atoms with Crippen LogP contribution in [0.4, 0.5) is 5.69 Å². The van der Waals surface area contributed by atoms with Gasteiger partial charge in [0.15, 0.2) is 0 Å². The predicted molar refractivity (Wildman–Crippen MR) is 89.0 cm³/mol. The normalized spacial score (nSPS) is 11.5. The fourth-order valence-electron chi connectivity index (χ4n) is 2.03. The second-order valence-corrected chi connectivity index (χ2v) is 6.97. The molecule has 0 fully saturated rings. The molecule has 118 valence electrons. The molecule has 2 rings (SSSR count). The Balaban J connectivity index is 2.16. The van der Waals surface area contributed by atoms with Crippen molar-refractivity contribution in [1.82, 2.24) is 0 Å². The van der Waals surface area contributed by atoms with Crippen molar-refractivity contribution in [2.45, 2.75) is 31.6 Å². The second-order valence-electron chi connectivity index (χ2n) is 5.29. The number of hydrogen-bond donors (Lipinski definition) is 1. The lowest BCUT2D eigenvalue weighted by atomic mass is 10.0. The van der Waals surface area contributed by atoms with Gasteiger partial charge < -0.3 is 4.74 Å². The molecule has 0 atom stereocenters. The Morgan fingerprint density at radius 3 is 2.09 bits per heavy atom. The summed E-state index contributed by atoms with van der Waals surface area (Å²) in [4.78, 5) is 0.255. The lowest BCUT2D eigenvalue weighted by molar-refractivity contribution is 0.340. The van der Waals surface area contributed by atoms with Crippen molar-refractivity contribution in [1.29, 1.82) is 0 Å². The van der Waals surface area contributed by atoms with Gasteiger partial charge in [0.05, 0.1) is 11.5 Å². The van der Waals surface area contributed by atoms with E-state index in [-0.39, 0.29) is 4.90 Å². The molecule has 22 heavy (non-hydrogen) atoms. The summed E-state index contributed by atoms with van der Waals surface area (Å²) in [6.07, 6.45) is 0. The Hall–Kier alpha value is -2.01. The van der Waals surface area contributed by atoms with E-state index in [4.69, 9.17) is 4.74 Å². The average Bonchev–Trinajstić information content (AvgIpc) is 2.49. The van der Waals surface area contributed by atoms with Crippen LogP contribution in [0.1, 0.15) is 32.3 Å². The zero-order valence-electron chi connectivity index (χ0n) is 13.0. The van der Waals surface area contributed by atoms with Gasteiger partial charge >= 0.3 is 0 Å². The van der Waals surface area contributed by atoms with Gasteiger partial charge in [0.25, 0.3) is 10.0 Å². The highest BCUT2D eigenvalue weighted by atomic mass is 32.2. The Morgan fingerprint density at radius 1 is 1.00 bits per heavy atom. The lowest BCUT2D eigenvalue weighted by Gasteiger charge is -2.10. The van der Waals surface area contributed by atoms with Gasteiger partial charge in [-0.1, -0.05) is 26.0 Å². The lowest BCUT2D eigenvalue weighted by Crippen LogP contribution is -2.13. The second kappa shape index (κ2) is 6.83. The van der Waals surface area contributed by atoms with Gasteiger partial charge in [-0.2, -0.15) is 0 Å². The third-order valence-corrected chi connectivity index (χ3v) is 4.67. The van der Waals surface area contributed by atoms with Crippen LogP contribution in [0.5, 0.6) is 5.75 Å². The maximum atomic E-state index is 12.4. The molecule has 2 aromatic carbocycles. The van der Waals surface area contributed by atoms with E-state index >= 15 is 0 Å². The Labute approximate surface area is 132 Å². The van der Waals surface area contributed by atoms with Crippen molar-refractivity contribution in [2.24, 2.45) is 0 Å². The molecule has 0 saturated carbocycles. The van der Waals surface area contributed by atoms with Gasteiger partial charge in [0, 0.05) is 5.69 Å². The zero-order valence-corrected chi connectivity index (χ0v) is 13.9. The van der Waals surface area contributed by atoms with Crippen LogP contribution in [-0.2, 0) is 10.0 Å². The minimum Gasteiger partial charge on any atom is -0.494 e. The summed E-state index contributed by atoms with van der Waals surface area (Å²) in [5.74, 6) is 1.09. The van der Waals surface area contributed by atoms with E-state index in [1.807, 2.05) is 19.1 Å². The topological polar surface area (TPSA) is 55.4 Å². The number of ether oxygens (including phenoxy) is 1. The summed E-state index contributed by atoms with van der Waals surface area (Å²) in [7, 11) is -3.57. The summed E-state index contributed by atoms with van der Waals surface area (Å²) >= 11 is 0. The van der Waals surface area contributed by atoms with Crippen LogP contribution in [0.2, 0.25) is 0 Å². The number of sulfonamides is 1. The highest BCUT2D eigenvalue weighted by Crippen LogP contribution is 2.21. The van der Waals surface area contributed by atoms with E-state index in [1.165, 1.54) is 0 Å². The van der Waals surface area contributed by atoms with Gasteiger partial charge in [-0.3, -0.25) is 4.72 Å². The van der Waals surface area contributed by atoms with E-state index in [0.29, 0.717) is 24.0 Å². The number of benzene rings is 2. The quantitative estimate of drug-likeness (QED) is 0.875. The smallest absolute Gasteiger partial charge is 0.261 e. The molecule has 2 aromatic rings. The first-order valence-corrected chi connectivity index (χ1v) is 8.76. The first kappa shape index (κ1) is 16.4. The molecule has 0 radical (unpaired) electrons. The van der Waals surface area contributed by atoms with Crippen molar-refractivity contribution < 1.29 is 13.2 Å². The first-order chi connectivity index (χ1) is 10.4. The van der Waals surface area contributed by atoms with Gasteiger partial charge in [0.2, 0.25) is 0 Å². The summed E-state index contributed by atoms with van der Waals surface area (Å²) in [5.41, 5.74) is 1.62. The molecule has 1 N–H and O–H groups in total. The van der Waals surface area contributed by atoms with Crippen molar-refractivity contribution >= 4 is 15.7 Å². The third kappa shape index (κ3) is 4.01. The van der Waals surface area contributed by atoms with Crippen LogP contribution in [0.25, 0.3) is 0 Å². The van der Waals surface area contributed by atoms with Gasteiger partial charge in [0.1, 0.15) is 5.75 Å². The summed E-state index contributed by atoms with van der Waals surface area (Å²) in [6, 6.07) is 13.8. The molecule has 0 aromatic heterocycles. The first-order valence-electron chi connectivity index (χ1n) is 7.28. The van der Waals surface area contributed by atoms with Gasteiger partial charge in [-0.05, 0) is 54.8 Å². The largest absolute Gasteiger partial charge is 0.494 e. The van der Waals surface area contributed by atoms with Crippen LogP contribution in [0.3, 0.4) is 0 Å². The number of nitrogens with one attached hydrogen (secondary N) is 1. The molecule has 0 unspecified atom stereocenters. The molecule has 0 bridgehead atoms. The molecule has 0 aliphatic rings. The maximum absolute atomic E-state index is 12.4. The van der Waals surface area contributed by atoms with Crippen LogP contribution in [-0.4, -0.2) is 15.0 Å². The predicted octanol–water partition coefficient (Wildman–Crippen LogP) is 4.01.